The number of nitrogens with zero attached hydrogens (tertiary/aromatic N) is 2. The molecule has 4 nitrogen and oxygen atoms in total. The molecule has 116 valence electrons. The van der Waals surface area contributed by atoms with Crippen LogP contribution < -0.4 is 5.32 Å². The van der Waals surface area contributed by atoms with Gasteiger partial charge in [-0.3, -0.25) is 5.32 Å². The summed E-state index contributed by atoms with van der Waals surface area (Å²) in [6, 6.07) is 4.48. The van der Waals surface area contributed by atoms with Crippen LogP contribution >= 0.6 is 0 Å². The lowest BCUT2D eigenvalue weighted by Gasteiger charge is -2.24. The van der Waals surface area contributed by atoms with E-state index in [0.717, 1.165) is 11.6 Å². The van der Waals surface area contributed by atoms with Gasteiger partial charge in [0, 0.05) is 25.5 Å². The minimum atomic E-state index is 0.0217. The fourth-order valence-corrected chi connectivity index (χ4v) is 2.74. The fraction of sp³-hybridized carbons (Fsp3) is 0.588. The van der Waals surface area contributed by atoms with Crippen LogP contribution in [0.2, 0.25) is 0 Å². The van der Waals surface area contributed by atoms with Crippen LogP contribution in [0.25, 0.3) is 0 Å². The van der Waals surface area contributed by atoms with Crippen LogP contribution in [-0.2, 0) is 7.05 Å². The van der Waals surface area contributed by atoms with Gasteiger partial charge in [-0.05, 0) is 25.0 Å². The molecule has 0 aromatic carbocycles. The number of rotatable bonds is 9. The molecule has 1 N–H and O–H groups in total. The van der Waals surface area contributed by atoms with Gasteiger partial charge in [0.2, 0.25) is 0 Å². The predicted molar refractivity (Wildman–Crippen MR) is 85.1 cm³/mol. The van der Waals surface area contributed by atoms with E-state index in [1.54, 1.807) is 6.26 Å². The van der Waals surface area contributed by atoms with E-state index in [0.29, 0.717) is 6.04 Å². The molecule has 0 fully saturated rings. The molecule has 0 radical (unpaired) electrons. The van der Waals surface area contributed by atoms with Crippen molar-refractivity contribution in [2.24, 2.45) is 7.05 Å². The van der Waals surface area contributed by atoms with Crippen LogP contribution in [0.1, 0.15) is 63.6 Å². The molecule has 2 unspecified atom stereocenters. The van der Waals surface area contributed by atoms with E-state index in [4.69, 9.17) is 4.42 Å². The minimum absolute atomic E-state index is 0.0217. The van der Waals surface area contributed by atoms with E-state index in [1.165, 1.54) is 32.1 Å². The summed E-state index contributed by atoms with van der Waals surface area (Å²) >= 11 is 0. The summed E-state index contributed by atoms with van der Waals surface area (Å²) in [5.74, 6) is 1.93. The maximum absolute atomic E-state index is 5.64. The molecule has 2 rings (SSSR count). The van der Waals surface area contributed by atoms with Crippen molar-refractivity contribution in [3.8, 4) is 0 Å². The summed E-state index contributed by atoms with van der Waals surface area (Å²) in [6.07, 6.45) is 11.6. The zero-order valence-corrected chi connectivity index (χ0v) is 13.4. The molecule has 2 atom stereocenters. The molecule has 2 aromatic heterocycles. The predicted octanol–water partition coefficient (Wildman–Crippen LogP) is 4.05. The molecule has 2 heterocycles. The highest BCUT2D eigenvalue weighted by atomic mass is 16.3. The van der Waals surface area contributed by atoms with E-state index in [9.17, 15) is 0 Å². The lowest BCUT2D eigenvalue weighted by atomic mass is 10.0. The smallest absolute Gasteiger partial charge is 0.133 e. The molecule has 21 heavy (non-hydrogen) atoms. The van der Waals surface area contributed by atoms with Crippen molar-refractivity contribution in [3.63, 3.8) is 0 Å². The van der Waals surface area contributed by atoms with Gasteiger partial charge in [-0.25, -0.2) is 4.98 Å². The SMILES string of the molecule is CCCCC(CCC)NC(c1ccco1)c1nccn1C. The van der Waals surface area contributed by atoms with Gasteiger partial charge < -0.3 is 8.98 Å². The van der Waals surface area contributed by atoms with Gasteiger partial charge in [-0.1, -0.05) is 33.1 Å². The number of imidazole rings is 1. The standard InChI is InChI=1S/C17H27N3O/c1-4-6-9-14(8-5-2)19-16(15-10-7-13-21-15)17-18-11-12-20(17)3/h7,10-14,16,19H,4-6,8-9H2,1-3H3. The van der Waals surface area contributed by atoms with Gasteiger partial charge in [0.25, 0.3) is 0 Å². The van der Waals surface area contributed by atoms with Crippen molar-refractivity contribution < 1.29 is 4.42 Å². The quantitative estimate of drug-likeness (QED) is 0.757. The van der Waals surface area contributed by atoms with Crippen molar-refractivity contribution in [2.45, 2.75) is 58.0 Å². The average Bonchev–Trinajstić information content (AvgIpc) is 3.13. The zero-order valence-electron chi connectivity index (χ0n) is 13.4. The molecule has 0 aliphatic rings. The van der Waals surface area contributed by atoms with Crippen molar-refractivity contribution >= 4 is 0 Å². The van der Waals surface area contributed by atoms with E-state index in [2.05, 4.69) is 28.7 Å². The third-order valence-electron chi connectivity index (χ3n) is 3.89. The first-order chi connectivity index (χ1) is 10.3. The molecule has 0 bridgehead atoms. The van der Waals surface area contributed by atoms with Crippen molar-refractivity contribution in [1.29, 1.82) is 0 Å². The van der Waals surface area contributed by atoms with Crippen molar-refractivity contribution in [1.82, 2.24) is 14.9 Å². The third-order valence-corrected chi connectivity index (χ3v) is 3.89. The number of hydrogen-bond acceptors (Lipinski definition) is 3. The molecule has 0 aliphatic carbocycles. The summed E-state index contributed by atoms with van der Waals surface area (Å²) < 4.78 is 7.70. The highest BCUT2D eigenvalue weighted by molar-refractivity contribution is 5.16. The van der Waals surface area contributed by atoms with Gasteiger partial charge in [-0.15, -0.1) is 0 Å². The number of unbranched alkanes of at least 4 members (excludes halogenated alkanes) is 1. The average molecular weight is 289 g/mol. The number of hydrogen-bond donors (Lipinski definition) is 1. The first-order valence-electron chi connectivity index (χ1n) is 8.02. The van der Waals surface area contributed by atoms with Gasteiger partial charge in [0.15, 0.2) is 0 Å². The Bertz CT molecular complexity index is 504. The summed E-state index contributed by atoms with van der Waals surface area (Å²) in [5.41, 5.74) is 0. The van der Waals surface area contributed by atoms with E-state index >= 15 is 0 Å². The lowest BCUT2D eigenvalue weighted by molar-refractivity contribution is 0.357. The molecule has 0 spiro atoms. The Morgan fingerprint density at radius 3 is 2.71 bits per heavy atom. The van der Waals surface area contributed by atoms with Gasteiger partial charge in [0.05, 0.1) is 6.26 Å². The Morgan fingerprint density at radius 2 is 2.14 bits per heavy atom. The normalized spacial score (nSPS) is 14.2. The van der Waals surface area contributed by atoms with Crippen LogP contribution in [0.4, 0.5) is 0 Å². The number of nitrogens with one attached hydrogen (secondary N) is 1. The van der Waals surface area contributed by atoms with Gasteiger partial charge in [0.1, 0.15) is 17.6 Å². The largest absolute Gasteiger partial charge is 0.467 e. The van der Waals surface area contributed by atoms with Crippen LogP contribution in [0.15, 0.2) is 35.2 Å². The topological polar surface area (TPSA) is 43.0 Å². The maximum atomic E-state index is 5.64. The van der Waals surface area contributed by atoms with Crippen molar-refractivity contribution in [2.75, 3.05) is 0 Å². The number of furan rings is 1. The van der Waals surface area contributed by atoms with E-state index < -0.39 is 0 Å². The highest BCUT2D eigenvalue weighted by Gasteiger charge is 2.23. The Morgan fingerprint density at radius 1 is 1.29 bits per heavy atom. The number of aromatic nitrogens is 2. The van der Waals surface area contributed by atoms with Crippen LogP contribution in [-0.4, -0.2) is 15.6 Å². The molecule has 2 aromatic rings. The van der Waals surface area contributed by atoms with Crippen LogP contribution in [0.5, 0.6) is 0 Å². The highest BCUT2D eigenvalue weighted by Crippen LogP contribution is 2.23. The van der Waals surface area contributed by atoms with E-state index in [-0.39, 0.29) is 6.04 Å². The molecule has 0 saturated heterocycles. The summed E-state index contributed by atoms with van der Waals surface area (Å²) in [7, 11) is 2.03. The maximum Gasteiger partial charge on any atom is 0.133 e. The van der Waals surface area contributed by atoms with Crippen LogP contribution in [0, 0.1) is 0 Å². The van der Waals surface area contributed by atoms with Crippen LogP contribution in [0.3, 0.4) is 0 Å². The Balaban J connectivity index is 2.17. The summed E-state index contributed by atoms with van der Waals surface area (Å²) in [4.78, 5) is 4.51. The minimum Gasteiger partial charge on any atom is -0.467 e. The number of aryl methyl sites for hydroxylation is 1. The van der Waals surface area contributed by atoms with Crippen molar-refractivity contribution in [3.05, 3.63) is 42.4 Å². The van der Waals surface area contributed by atoms with Gasteiger partial charge >= 0.3 is 0 Å². The molecule has 0 aliphatic heterocycles. The Hall–Kier alpha value is -1.55. The van der Waals surface area contributed by atoms with Gasteiger partial charge in [-0.2, -0.15) is 0 Å². The zero-order chi connectivity index (χ0) is 15.1. The molecular formula is C17H27N3O. The fourth-order valence-electron chi connectivity index (χ4n) is 2.74. The Labute approximate surface area is 127 Å². The Kier molecular flexibility index (Phi) is 6.05. The van der Waals surface area contributed by atoms with E-state index in [1.807, 2.05) is 31.6 Å². The molecular weight excluding hydrogens is 262 g/mol. The molecule has 0 saturated carbocycles. The first kappa shape index (κ1) is 15.8. The summed E-state index contributed by atoms with van der Waals surface area (Å²) in [5, 5.41) is 3.76. The molecule has 0 amide bonds. The second kappa shape index (κ2) is 8.03. The third kappa shape index (κ3) is 4.21. The lowest BCUT2D eigenvalue weighted by Crippen LogP contribution is -2.34. The summed E-state index contributed by atoms with van der Waals surface area (Å²) in [6.45, 7) is 4.48. The monoisotopic (exact) mass is 289 g/mol. The second-order valence-electron chi connectivity index (χ2n) is 5.64. The molecule has 4 heteroatoms. The second-order valence-corrected chi connectivity index (χ2v) is 5.64. The first-order valence-corrected chi connectivity index (χ1v) is 8.02.